The minimum absolute atomic E-state index is 0.0902. The van der Waals surface area contributed by atoms with Crippen molar-refractivity contribution >= 4 is 29.6 Å². The van der Waals surface area contributed by atoms with Gasteiger partial charge in [-0.3, -0.25) is 19.2 Å². The molecule has 0 aliphatic carbocycles. The zero-order valence-electron chi connectivity index (χ0n) is 18.1. The quantitative estimate of drug-likeness (QED) is 0.273. The number of likely N-dealkylation sites (tertiary alicyclic amines) is 1. The van der Waals surface area contributed by atoms with Gasteiger partial charge in [0, 0.05) is 19.7 Å². The van der Waals surface area contributed by atoms with E-state index in [0.717, 1.165) is 0 Å². The van der Waals surface area contributed by atoms with Crippen LogP contribution in [0, 0.1) is 5.92 Å². The van der Waals surface area contributed by atoms with E-state index in [1.54, 1.807) is 0 Å². The maximum Gasteiger partial charge on any atom is 0.329 e. The molecule has 0 aromatic rings. The lowest BCUT2D eigenvalue weighted by atomic mass is 9.95. The van der Waals surface area contributed by atoms with Gasteiger partial charge in [-0.2, -0.15) is 0 Å². The molecule has 3 unspecified atom stereocenters. The summed E-state index contributed by atoms with van der Waals surface area (Å²) in [6.45, 7) is 2.58. The molecule has 5 N–H and O–H groups in total. The molecule has 12 nitrogen and oxygen atoms in total. The Hall–Kier alpha value is -2.73. The number of nitrogens with zero attached hydrogens (tertiary/aromatic N) is 1. The summed E-state index contributed by atoms with van der Waals surface area (Å²) in [6.07, 6.45) is 0.825. The number of nitrogens with one attached hydrogen (secondary N) is 2. The molecule has 1 aliphatic heterocycles. The summed E-state index contributed by atoms with van der Waals surface area (Å²) in [4.78, 5) is 61.0. The lowest BCUT2D eigenvalue weighted by Crippen LogP contribution is -2.60. The van der Waals surface area contributed by atoms with Crippen LogP contribution in [0.1, 0.15) is 33.1 Å². The Morgan fingerprint density at radius 1 is 1.16 bits per heavy atom. The van der Waals surface area contributed by atoms with Crippen molar-refractivity contribution < 1.29 is 38.6 Å². The molecule has 1 aliphatic rings. The molecule has 12 heteroatoms. The number of nitrogens with two attached hydrogens (primary N) is 1. The number of carbonyl (C=O) groups excluding carboxylic acids is 4. The van der Waals surface area contributed by atoms with Crippen LogP contribution in [-0.2, 0) is 33.4 Å². The molecule has 1 heterocycles. The molecule has 176 valence electrons. The second kappa shape index (κ2) is 12.8. The number of hydrogen-bond acceptors (Lipinski definition) is 7. The Morgan fingerprint density at radius 2 is 1.84 bits per heavy atom. The highest BCUT2D eigenvalue weighted by Crippen LogP contribution is 2.19. The zero-order chi connectivity index (χ0) is 23.6. The fourth-order valence-electron chi connectivity index (χ4n) is 3.34. The molecule has 0 spiro atoms. The van der Waals surface area contributed by atoms with Crippen molar-refractivity contribution in [2.45, 2.75) is 51.2 Å². The predicted octanol–water partition coefficient (Wildman–Crippen LogP) is -1.77. The first-order valence-corrected chi connectivity index (χ1v) is 10.0. The molecular weight excluding hydrogens is 412 g/mol. The van der Waals surface area contributed by atoms with Crippen molar-refractivity contribution in [3.8, 4) is 0 Å². The number of piperidine rings is 1. The van der Waals surface area contributed by atoms with Crippen LogP contribution >= 0.6 is 0 Å². The molecule has 1 fully saturated rings. The molecular formula is C19H32N4O8. The van der Waals surface area contributed by atoms with Gasteiger partial charge in [-0.15, -0.1) is 0 Å². The number of aliphatic carboxylic acids is 1. The third-order valence-electron chi connectivity index (χ3n) is 4.68. The highest BCUT2D eigenvalue weighted by Gasteiger charge is 2.38. The average molecular weight is 444 g/mol. The van der Waals surface area contributed by atoms with E-state index < -0.39 is 49.0 Å². The minimum Gasteiger partial charge on any atom is -0.480 e. The van der Waals surface area contributed by atoms with Crippen molar-refractivity contribution in [1.29, 1.82) is 0 Å². The summed E-state index contributed by atoms with van der Waals surface area (Å²) < 4.78 is 9.64. The summed E-state index contributed by atoms with van der Waals surface area (Å²) >= 11 is 0. The number of methoxy groups -OCH3 is 1. The Labute approximate surface area is 180 Å². The van der Waals surface area contributed by atoms with Crippen LogP contribution < -0.4 is 16.4 Å². The third-order valence-corrected chi connectivity index (χ3v) is 4.68. The van der Waals surface area contributed by atoms with E-state index in [1.807, 2.05) is 13.8 Å². The second-order valence-electron chi connectivity index (χ2n) is 7.80. The smallest absolute Gasteiger partial charge is 0.329 e. The van der Waals surface area contributed by atoms with Crippen LogP contribution in [0.4, 0.5) is 0 Å². The van der Waals surface area contributed by atoms with Crippen LogP contribution in [-0.4, -0.2) is 91.2 Å². The van der Waals surface area contributed by atoms with E-state index in [9.17, 15) is 24.0 Å². The van der Waals surface area contributed by atoms with Gasteiger partial charge < -0.3 is 35.8 Å². The normalized spacial score (nSPS) is 19.5. The number of carboxylic acid groups (broad SMARTS) is 1. The third kappa shape index (κ3) is 9.30. The Morgan fingerprint density at radius 3 is 2.39 bits per heavy atom. The number of hydrogen-bond donors (Lipinski definition) is 4. The van der Waals surface area contributed by atoms with Crippen molar-refractivity contribution in [1.82, 2.24) is 15.5 Å². The van der Waals surface area contributed by atoms with Crippen LogP contribution in [0.15, 0.2) is 0 Å². The van der Waals surface area contributed by atoms with Gasteiger partial charge in [0.15, 0.2) is 0 Å². The average Bonchev–Trinajstić information content (AvgIpc) is 2.66. The number of ether oxygens (including phenoxy) is 2. The highest BCUT2D eigenvalue weighted by atomic mass is 16.5. The molecule has 0 bridgehead atoms. The summed E-state index contributed by atoms with van der Waals surface area (Å²) in [6, 6.07) is -2.28. The van der Waals surface area contributed by atoms with Crippen LogP contribution in [0.5, 0.6) is 0 Å². The van der Waals surface area contributed by atoms with E-state index >= 15 is 0 Å². The largest absolute Gasteiger partial charge is 0.480 e. The first-order chi connectivity index (χ1) is 14.5. The van der Waals surface area contributed by atoms with E-state index in [0.29, 0.717) is 12.8 Å². The molecule has 0 aromatic heterocycles. The SMILES string of the molecule is COCC(=O)NC1CCN(C(=O)COCC(=O)O)C(C(=O)NC(CC(C)C)C(N)=O)C1. The Bertz CT molecular complexity index is 669. The van der Waals surface area contributed by atoms with E-state index in [4.69, 9.17) is 20.3 Å². The highest BCUT2D eigenvalue weighted by molar-refractivity contribution is 5.92. The van der Waals surface area contributed by atoms with Gasteiger partial charge in [0.2, 0.25) is 23.6 Å². The van der Waals surface area contributed by atoms with Crippen LogP contribution in [0.3, 0.4) is 0 Å². The van der Waals surface area contributed by atoms with Gasteiger partial charge in [-0.1, -0.05) is 13.8 Å². The van der Waals surface area contributed by atoms with E-state index in [2.05, 4.69) is 10.6 Å². The van der Waals surface area contributed by atoms with Gasteiger partial charge in [0.1, 0.15) is 31.9 Å². The van der Waals surface area contributed by atoms with Gasteiger partial charge in [0.25, 0.3) is 0 Å². The van der Waals surface area contributed by atoms with Crippen LogP contribution in [0.25, 0.3) is 0 Å². The number of carboxylic acids is 1. The summed E-state index contributed by atoms with van der Waals surface area (Å²) in [5.74, 6) is -3.33. The molecule has 1 rings (SSSR count). The zero-order valence-corrected chi connectivity index (χ0v) is 18.1. The predicted molar refractivity (Wildman–Crippen MR) is 108 cm³/mol. The maximum absolute atomic E-state index is 13.0. The van der Waals surface area contributed by atoms with Crippen molar-refractivity contribution in [2.24, 2.45) is 11.7 Å². The number of primary amides is 1. The summed E-state index contributed by atoms with van der Waals surface area (Å²) in [5, 5.41) is 14.0. The van der Waals surface area contributed by atoms with Crippen molar-refractivity contribution in [2.75, 3.05) is 33.5 Å². The lowest BCUT2D eigenvalue weighted by Gasteiger charge is -2.39. The monoisotopic (exact) mass is 444 g/mol. The first-order valence-electron chi connectivity index (χ1n) is 10.0. The number of carbonyl (C=O) groups is 5. The summed E-state index contributed by atoms with van der Waals surface area (Å²) in [5.41, 5.74) is 5.40. The van der Waals surface area contributed by atoms with E-state index in [1.165, 1.54) is 12.0 Å². The van der Waals surface area contributed by atoms with Gasteiger partial charge in [0.05, 0.1) is 0 Å². The molecule has 31 heavy (non-hydrogen) atoms. The minimum atomic E-state index is -1.22. The van der Waals surface area contributed by atoms with Crippen molar-refractivity contribution in [3.63, 3.8) is 0 Å². The Balaban J connectivity index is 2.93. The number of amides is 4. The molecule has 0 saturated carbocycles. The first kappa shape index (κ1) is 26.3. The lowest BCUT2D eigenvalue weighted by molar-refractivity contribution is -0.150. The maximum atomic E-state index is 13.0. The molecule has 0 radical (unpaired) electrons. The van der Waals surface area contributed by atoms with Crippen molar-refractivity contribution in [3.05, 3.63) is 0 Å². The Kier molecular flexibility index (Phi) is 10.9. The second-order valence-corrected chi connectivity index (χ2v) is 7.80. The van der Waals surface area contributed by atoms with Crippen LogP contribution in [0.2, 0.25) is 0 Å². The molecule has 3 atom stereocenters. The van der Waals surface area contributed by atoms with Gasteiger partial charge >= 0.3 is 5.97 Å². The van der Waals surface area contributed by atoms with Gasteiger partial charge in [-0.05, 0) is 25.2 Å². The number of rotatable bonds is 12. The van der Waals surface area contributed by atoms with E-state index in [-0.39, 0.29) is 37.4 Å². The fourth-order valence-corrected chi connectivity index (χ4v) is 3.34. The fraction of sp³-hybridized carbons (Fsp3) is 0.737. The van der Waals surface area contributed by atoms with Gasteiger partial charge in [-0.25, -0.2) is 4.79 Å². The standard InChI is InChI=1S/C19H32N4O8/c1-11(2)6-13(18(20)28)22-19(29)14-7-12(21-15(24)8-30-3)4-5-23(14)16(25)9-31-10-17(26)27/h11-14H,4-10H2,1-3H3,(H2,20,28)(H,21,24)(H,22,29)(H,26,27). The topological polar surface area (TPSA) is 177 Å². The molecule has 0 aromatic carbocycles. The molecule has 4 amide bonds. The molecule has 1 saturated heterocycles. The summed E-state index contributed by atoms with van der Waals surface area (Å²) in [7, 11) is 1.38.